The van der Waals surface area contributed by atoms with Crippen molar-refractivity contribution in [1.29, 1.82) is 0 Å². The van der Waals surface area contributed by atoms with Gasteiger partial charge in [-0.15, -0.1) is 0 Å². The summed E-state index contributed by atoms with van der Waals surface area (Å²) in [6.45, 7) is 7.17. The second kappa shape index (κ2) is 8.67. The Kier molecular flexibility index (Phi) is 6.84. The predicted molar refractivity (Wildman–Crippen MR) is 98.3 cm³/mol. The number of nitrogens with one attached hydrogen (secondary N) is 1. The Morgan fingerprint density at radius 2 is 1.92 bits per heavy atom. The predicted octanol–water partition coefficient (Wildman–Crippen LogP) is 3.24. The van der Waals surface area contributed by atoms with Crippen LogP contribution in [0.15, 0.2) is 23.1 Å². The highest BCUT2D eigenvalue weighted by molar-refractivity contribution is 7.89. The molecule has 1 heterocycles. The van der Waals surface area contributed by atoms with Gasteiger partial charge in [0.2, 0.25) is 15.9 Å². The van der Waals surface area contributed by atoms with E-state index in [9.17, 15) is 13.2 Å². The third kappa shape index (κ3) is 5.19. The molecule has 0 saturated carbocycles. The number of nitrogens with zero attached hydrogens (tertiary/aromatic N) is 1. The Morgan fingerprint density at radius 1 is 1.24 bits per heavy atom. The summed E-state index contributed by atoms with van der Waals surface area (Å²) in [5, 5.41) is 2.78. The van der Waals surface area contributed by atoms with E-state index in [2.05, 4.69) is 5.32 Å². The van der Waals surface area contributed by atoms with Crippen molar-refractivity contribution in [3.63, 3.8) is 0 Å². The number of sulfonamides is 1. The van der Waals surface area contributed by atoms with Crippen LogP contribution in [0.2, 0.25) is 0 Å². The number of hydrogen-bond acceptors (Lipinski definition) is 4. The van der Waals surface area contributed by atoms with Crippen LogP contribution in [0.5, 0.6) is 5.75 Å². The fraction of sp³-hybridized carbons (Fsp3) is 0.611. The highest BCUT2D eigenvalue weighted by Gasteiger charge is 2.29. The second-order valence-electron chi connectivity index (χ2n) is 6.71. The molecule has 1 N–H and O–H groups in total. The van der Waals surface area contributed by atoms with Crippen LogP contribution in [0, 0.1) is 5.92 Å². The molecule has 0 aromatic heterocycles. The maximum Gasteiger partial charge on any atom is 0.246 e. The second-order valence-corrected chi connectivity index (χ2v) is 8.61. The van der Waals surface area contributed by atoms with Gasteiger partial charge in [0.15, 0.2) is 0 Å². The Bertz CT molecular complexity index is 695. The van der Waals surface area contributed by atoms with E-state index < -0.39 is 10.0 Å². The lowest BCUT2D eigenvalue weighted by atomic mass is 10.1. The van der Waals surface area contributed by atoms with Crippen molar-refractivity contribution in [3.8, 4) is 5.75 Å². The molecule has 0 aliphatic carbocycles. The molecule has 1 amide bonds. The van der Waals surface area contributed by atoms with Crippen LogP contribution in [0.1, 0.15) is 46.5 Å². The van der Waals surface area contributed by atoms with Gasteiger partial charge in [-0.1, -0.05) is 20.3 Å². The minimum atomic E-state index is -3.64. The molecule has 1 saturated heterocycles. The molecule has 0 radical (unpaired) electrons. The number of benzene rings is 1. The normalized spacial score (nSPS) is 16.0. The molecule has 1 aliphatic rings. The Morgan fingerprint density at radius 3 is 2.52 bits per heavy atom. The minimum absolute atomic E-state index is 0.124. The summed E-state index contributed by atoms with van der Waals surface area (Å²) >= 11 is 0. The molecule has 0 bridgehead atoms. The summed E-state index contributed by atoms with van der Waals surface area (Å²) in [5.41, 5.74) is 0.477. The van der Waals surface area contributed by atoms with Crippen LogP contribution >= 0.6 is 0 Å². The average molecular weight is 368 g/mol. The first-order chi connectivity index (χ1) is 11.8. The van der Waals surface area contributed by atoms with Gasteiger partial charge in [-0.2, -0.15) is 4.31 Å². The summed E-state index contributed by atoms with van der Waals surface area (Å²) in [4.78, 5) is 12.1. The summed E-state index contributed by atoms with van der Waals surface area (Å²) in [6.07, 6.45) is 3.18. The van der Waals surface area contributed by atoms with Crippen LogP contribution in [0.4, 0.5) is 5.69 Å². The van der Waals surface area contributed by atoms with Crippen LogP contribution in [0.3, 0.4) is 0 Å². The number of amides is 1. The van der Waals surface area contributed by atoms with E-state index in [-0.39, 0.29) is 16.7 Å². The molecule has 1 aromatic carbocycles. The Balaban J connectivity index is 2.32. The first-order valence-corrected chi connectivity index (χ1v) is 10.4. The van der Waals surface area contributed by atoms with Crippen molar-refractivity contribution < 1.29 is 17.9 Å². The van der Waals surface area contributed by atoms with Crippen LogP contribution in [0.25, 0.3) is 0 Å². The number of piperidine rings is 1. The van der Waals surface area contributed by atoms with E-state index in [0.29, 0.717) is 37.6 Å². The van der Waals surface area contributed by atoms with Crippen LogP contribution in [-0.4, -0.2) is 38.3 Å². The zero-order valence-corrected chi connectivity index (χ0v) is 16.1. The molecular weight excluding hydrogens is 340 g/mol. The SMILES string of the molecule is CCOc1ccc(NC(=O)CC(C)C)cc1S(=O)(=O)N1CCCCC1. The van der Waals surface area contributed by atoms with Gasteiger partial charge in [-0.05, 0) is 43.9 Å². The molecule has 1 aliphatic heterocycles. The van der Waals surface area contributed by atoms with Gasteiger partial charge >= 0.3 is 0 Å². The summed E-state index contributed by atoms with van der Waals surface area (Å²) in [7, 11) is -3.64. The van der Waals surface area contributed by atoms with Crippen molar-refractivity contribution in [1.82, 2.24) is 4.31 Å². The van der Waals surface area contributed by atoms with Crippen molar-refractivity contribution >= 4 is 21.6 Å². The summed E-state index contributed by atoms with van der Waals surface area (Å²) < 4.78 is 33.1. The molecule has 7 heteroatoms. The smallest absolute Gasteiger partial charge is 0.246 e. The monoisotopic (exact) mass is 368 g/mol. The quantitative estimate of drug-likeness (QED) is 0.802. The lowest BCUT2D eigenvalue weighted by Gasteiger charge is -2.27. The van der Waals surface area contributed by atoms with Crippen molar-refractivity contribution in [2.45, 2.75) is 51.3 Å². The topological polar surface area (TPSA) is 75.7 Å². The molecule has 1 aromatic rings. The molecule has 1 fully saturated rings. The van der Waals surface area contributed by atoms with E-state index in [1.54, 1.807) is 12.1 Å². The number of rotatable bonds is 7. The molecule has 140 valence electrons. The van der Waals surface area contributed by atoms with E-state index in [1.807, 2.05) is 20.8 Å². The third-order valence-corrected chi connectivity index (χ3v) is 5.97. The molecule has 6 nitrogen and oxygen atoms in total. The van der Waals surface area contributed by atoms with Crippen molar-refractivity contribution in [3.05, 3.63) is 18.2 Å². The fourth-order valence-electron chi connectivity index (χ4n) is 2.89. The number of carbonyl (C=O) groups excluding carboxylic acids is 1. The summed E-state index contributed by atoms with van der Waals surface area (Å²) in [5.74, 6) is 0.440. The highest BCUT2D eigenvalue weighted by atomic mass is 32.2. The van der Waals surface area contributed by atoms with Gasteiger partial charge in [0, 0.05) is 25.2 Å². The third-order valence-electron chi connectivity index (χ3n) is 4.05. The van der Waals surface area contributed by atoms with Gasteiger partial charge in [0.1, 0.15) is 10.6 Å². The first-order valence-electron chi connectivity index (χ1n) is 8.91. The van der Waals surface area contributed by atoms with E-state index in [4.69, 9.17) is 4.74 Å². The van der Waals surface area contributed by atoms with Crippen LogP contribution in [-0.2, 0) is 14.8 Å². The fourth-order valence-corrected chi connectivity index (χ4v) is 4.56. The van der Waals surface area contributed by atoms with Gasteiger partial charge in [0.05, 0.1) is 6.61 Å². The largest absolute Gasteiger partial charge is 0.492 e. The first kappa shape index (κ1) is 19.7. The van der Waals surface area contributed by atoms with Gasteiger partial charge < -0.3 is 10.1 Å². The van der Waals surface area contributed by atoms with Gasteiger partial charge in [-0.25, -0.2) is 8.42 Å². The van der Waals surface area contributed by atoms with Crippen molar-refractivity contribution in [2.75, 3.05) is 25.0 Å². The Hall–Kier alpha value is -1.60. The molecular formula is C18H28N2O4S. The van der Waals surface area contributed by atoms with Crippen LogP contribution < -0.4 is 10.1 Å². The molecule has 0 spiro atoms. The standard InChI is InChI=1S/C18H28N2O4S/c1-4-24-16-9-8-15(19-18(21)12-14(2)3)13-17(16)25(22,23)20-10-6-5-7-11-20/h8-9,13-14H,4-7,10-12H2,1-3H3,(H,19,21). The van der Waals surface area contributed by atoms with E-state index in [1.165, 1.54) is 10.4 Å². The minimum Gasteiger partial charge on any atom is -0.492 e. The number of hydrogen-bond donors (Lipinski definition) is 1. The van der Waals surface area contributed by atoms with E-state index in [0.717, 1.165) is 19.3 Å². The average Bonchev–Trinajstić information content (AvgIpc) is 2.56. The Labute approximate surface area is 150 Å². The van der Waals surface area contributed by atoms with Crippen molar-refractivity contribution in [2.24, 2.45) is 5.92 Å². The van der Waals surface area contributed by atoms with E-state index >= 15 is 0 Å². The number of anilines is 1. The molecule has 0 unspecified atom stereocenters. The lowest BCUT2D eigenvalue weighted by Crippen LogP contribution is -2.35. The van der Waals surface area contributed by atoms with Gasteiger partial charge in [0.25, 0.3) is 0 Å². The highest BCUT2D eigenvalue weighted by Crippen LogP contribution is 2.31. The number of ether oxygens (including phenoxy) is 1. The number of carbonyl (C=O) groups is 1. The summed E-state index contributed by atoms with van der Waals surface area (Å²) in [6, 6.07) is 4.80. The maximum atomic E-state index is 13.0. The molecule has 0 atom stereocenters. The lowest BCUT2D eigenvalue weighted by molar-refractivity contribution is -0.116. The van der Waals surface area contributed by atoms with Gasteiger partial charge in [-0.3, -0.25) is 4.79 Å². The molecule has 2 rings (SSSR count). The maximum absolute atomic E-state index is 13.0. The zero-order chi connectivity index (χ0) is 18.4. The zero-order valence-electron chi connectivity index (χ0n) is 15.2. The molecule has 25 heavy (non-hydrogen) atoms.